The van der Waals surface area contributed by atoms with Gasteiger partial charge in [0.25, 0.3) is 6.71 Å². The minimum absolute atomic E-state index is 0.118. The van der Waals surface area contributed by atoms with Crippen LogP contribution in [0, 0.1) is 6.92 Å². The van der Waals surface area contributed by atoms with Crippen LogP contribution in [-0.2, 0) is 0 Å². The molecule has 0 fully saturated rings. The smallest absolute Gasteiger partial charge is 0.252 e. The summed E-state index contributed by atoms with van der Waals surface area (Å²) in [4.78, 5) is 6.70. The molecule has 0 radical (unpaired) electrons. The number of hydrogen-bond donors (Lipinski definition) is 1. The van der Waals surface area contributed by atoms with Crippen molar-refractivity contribution in [3.8, 4) is 22.3 Å². The standard InChI is InChI=1S/C36H26BN3/c1-24-10-5-6-13-28(24)29-14-9-16-31-36(29)39-32-22-26(25-18-20-38-21-19-25)23-34-35(32)37(31)30-15-7-8-17-33(30)40(34)27-11-3-2-4-12-27/h2-23,39H,1H3. The summed E-state index contributed by atoms with van der Waals surface area (Å²) >= 11 is 0. The lowest BCUT2D eigenvalue weighted by atomic mass is 9.33. The summed E-state index contributed by atoms with van der Waals surface area (Å²) in [6, 6.07) is 43.9. The lowest BCUT2D eigenvalue weighted by Gasteiger charge is -2.41. The van der Waals surface area contributed by atoms with Gasteiger partial charge in [0.15, 0.2) is 0 Å². The number of anilines is 5. The number of nitrogens with zero attached hydrogens (tertiary/aromatic N) is 2. The van der Waals surface area contributed by atoms with Gasteiger partial charge >= 0.3 is 0 Å². The second kappa shape index (κ2) is 8.99. The van der Waals surface area contributed by atoms with E-state index >= 15 is 0 Å². The van der Waals surface area contributed by atoms with Crippen molar-refractivity contribution in [2.75, 3.05) is 10.2 Å². The Morgan fingerprint density at radius 2 is 1.35 bits per heavy atom. The molecule has 1 aromatic heterocycles. The van der Waals surface area contributed by atoms with Gasteiger partial charge in [0, 0.05) is 46.4 Å². The minimum atomic E-state index is 0.118. The maximum atomic E-state index is 4.27. The lowest BCUT2D eigenvalue weighted by Crippen LogP contribution is -2.60. The number of fused-ring (bicyclic) bond motifs is 4. The highest BCUT2D eigenvalue weighted by molar-refractivity contribution is 7.00. The van der Waals surface area contributed by atoms with Gasteiger partial charge in [-0.3, -0.25) is 4.98 Å². The molecule has 0 bridgehead atoms. The van der Waals surface area contributed by atoms with E-state index in [1.54, 1.807) is 0 Å². The molecule has 0 saturated carbocycles. The lowest BCUT2D eigenvalue weighted by molar-refractivity contribution is 1.29. The molecule has 3 nitrogen and oxygen atoms in total. The summed E-state index contributed by atoms with van der Waals surface area (Å²) in [6.07, 6.45) is 3.73. The quantitative estimate of drug-likeness (QED) is 0.257. The van der Waals surface area contributed by atoms with Gasteiger partial charge in [0.2, 0.25) is 0 Å². The molecule has 2 aliphatic rings. The van der Waals surface area contributed by atoms with Crippen LogP contribution < -0.4 is 26.6 Å². The van der Waals surface area contributed by atoms with E-state index in [9.17, 15) is 0 Å². The molecule has 0 saturated heterocycles. The Bertz CT molecular complexity index is 1900. The topological polar surface area (TPSA) is 28.2 Å². The second-order valence-electron chi connectivity index (χ2n) is 10.6. The molecular formula is C36H26BN3. The van der Waals surface area contributed by atoms with Crippen LogP contribution in [0.25, 0.3) is 22.3 Å². The van der Waals surface area contributed by atoms with E-state index < -0.39 is 0 Å². The normalized spacial score (nSPS) is 12.7. The zero-order valence-electron chi connectivity index (χ0n) is 22.2. The summed E-state index contributed by atoms with van der Waals surface area (Å²) < 4.78 is 0. The van der Waals surface area contributed by atoms with Crippen LogP contribution in [0.3, 0.4) is 0 Å². The summed E-state index contributed by atoms with van der Waals surface area (Å²) in [7, 11) is 0. The van der Waals surface area contributed by atoms with Crippen molar-refractivity contribution in [3.05, 3.63) is 139 Å². The number of para-hydroxylation sites is 3. The van der Waals surface area contributed by atoms with Gasteiger partial charge in [-0.2, -0.15) is 0 Å². The third kappa shape index (κ3) is 3.43. The molecule has 0 aliphatic carbocycles. The van der Waals surface area contributed by atoms with Crippen LogP contribution in [-0.4, -0.2) is 11.7 Å². The minimum Gasteiger partial charge on any atom is -0.356 e. The molecule has 3 heterocycles. The molecule has 4 heteroatoms. The number of pyridine rings is 1. The van der Waals surface area contributed by atoms with Crippen LogP contribution in [0.15, 0.2) is 134 Å². The first-order chi connectivity index (χ1) is 19.8. The highest BCUT2D eigenvalue weighted by Crippen LogP contribution is 2.43. The Morgan fingerprint density at radius 3 is 2.20 bits per heavy atom. The molecule has 0 amide bonds. The maximum Gasteiger partial charge on any atom is 0.252 e. The molecule has 1 N–H and O–H groups in total. The monoisotopic (exact) mass is 511 g/mol. The van der Waals surface area contributed by atoms with Crippen LogP contribution in [0.2, 0.25) is 0 Å². The van der Waals surface area contributed by atoms with Gasteiger partial charge < -0.3 is 10.2 Å². The average molecular weight is 511 g/mol. The van der Waals surface area contributed by atoms with E-state index in [2.05, 4.69) is 143 Å². The van der Waals surface area contributed by atoms with Crippen molar-refractivity contribution < 1.29 is 0 Å². The molecule has 8 rings (SSSR count). The maximum absolute atomic E-state index is 4.27. The summed E-state index contributed by atoms with van der Waals surface area (Å²) in [5.41, 5.74) is 16.0. The molecule has 5 aromatic carbocycles. The molecule has 188 valence electrons. The largest absolute Gasteiger partial charge is 0.356 e. The molecule has 0 atom stereocenters. The molecule has 0 spiro atoms. The molecular weight excluding hydrogens is 485 g/mol. The Morgan fingerprint density at radius 1 is 0.625 bits per heavy atom. The van der Waals surface area contributed by atoms with Crippen molar-refractivity contribution in [3.63, 3.8) is 0 Å². The van der Waals surface area contributed by atoms with E-state index in [1.807, 2.05) is 12.4 Å². The van der Waals surface area contributed by atoms with Gasteiger partial charge in [-0.25, -0.2) is 0 Å². The van der Waals surface area contributed by atoms with E-state index in [1.165, 1.54) is 55.7 Å². The molecule has 0 unspecified atom stereocenters. The van der Waals surface area contributed by atoms with Gasteiger partial charge in [0.1, 0.15) is 0 Å². The zero-order valence-corrected chi connectivity index (χ0v) is 22.2. The number of aryl methyl sites for hydroxylation is 1. The Balaban J connectivity index is 1.45. The average Bonchev–Trinajstić information content (AvgIpc) is 3.01. The summed E-state index contributed by atoms with van der Waals surface area (Å²) in [5.74, 6) is 0. The first-order valence-corrected chi connectivity index (χ1v) is 13.8. The van der Waals surface area contributed by atoms with Crippen LogP contribution in [0.5, 0.6) is 0 Å². The third-order valence-electron chi connectivity index (χ3n) is 8.31. The highest BCUT2D eigenvalue weighted by atomic mass is 15.2. The summed E-state index contributed by atoms with van der Waals surface area (Å²) in [5, 5.41) is 3.94. The van der Waals surface area contributed by atoms with E-state index in [0.717, 1.165) is 16.9 Å². The van der Waals surface area contributed by atoms with Crippen molar-refractivity contribution in [2.24, 2.45) is 0 Å². The SMILES string of the molecule is Cc1ccccc1-c1cccc2c1Nc1cc(-c3ccncc3)cc3c1B2c1ccccc1N3c1ccccc1. The fourth-order valence-corrected chi connectivity index (χ4v) is 6.52. The van der Waals surface area contributed by atoms with Crippen LogP contribution in [0.4, 0.5) is 28.4 Å². The number of hydrogen-bond acceptors (Lipinski definition) is 3. The highest BCUT2D eigenvalue weighted by Gasteiger charge is 2.41. The Labute approximate surface area is 234 Å². The Kier molecular flexibility index (Phi) is 5.14. The van der Waals surface area contributed by atoms with Gasteiger partial charge in [-0.15, -0.1) is 0 Å². The van der Waals surface area contributed by atoms with Gasteiger partial charge in [-0.1, -0.05) is 78.9 Å². The Hall–Kier alpha value is -5.09. The fourth-order valence-electron chi connectivity index (χ4n) is 6.52. The predicted octanol–water partition coefficient (Wildman–Crippen LogP) is 7.08. The van der Waals surface area contributed by atoms with Crippen molar-refractivity contribution in [1.82, 2.24) is 4.98 Å². The third-order valence-corrected chi connectivity index (χ3v) is 8.31. The predicted molar refractivity (Wildman–Crippen MR) is 169 cm³/mol. The van der Waals surface area contributed by atoms with Crippen molar-refractivity contribution in [1.29, 1.82) is 0 Å². The number of aromatic nitrogens is 1. The number of benzene rings is 5. The van der Waals surface area contributed by atoms with Crippen molar-refractivity contribution >= 4 is 51.5 Å². The molecule has 6 aromatic rings. The van der Waals surface area contributed by atoms with E-state index in [-0.39, 0.29) is 6.71 Å². The van der Waals surface area contributed by atoms with Crippen molar-refractivity contribution in [2.45, 2.75) is 6.92 Å². The zero-order chi connectivity index (χ0) is 26.6. The van der Waals surface area contributed by atoms with Gasteiger partial charge in [0.05, 0.1) is 0 Å². The molecule has 40 heavy (non-hydrogen) atoms. The number of rotatable bonds is 3. The van der Waals surface area contributed by atoms with E-state index in [4.69, 9.17) is 0 Å². The first-order valence-electron chi connectivity index (χ1n) is 13.8. The van der Waals surface area contributed by atoms with E-state index in [0.29, 0.717) is 0 Å². The van der Waals surface area contributed by atoms with Crippen LogP contribution >= 0.6 is 0 Å². The fraction of sp³-hybridized carbons (Fsp3) is 0.0278. The summed E-state index contributed by atoms with van der Waals surface area (Å²) in [6.45, 7) is 2.31. The molecule has 2 aliphatic heterocycles. The van der Waals surface area contributed by atoms with Gasteiger partial charge in [-0.05, 0) is 88.0 Å². The second-order valence-corrected chi connectivity index (χ2v) is 10.6. The first kappa shape index (κ1) is 22.9. The van der Waals surface area contributed by atoms with Crippen LogP contribution in [0.1, 0.15) is 5.56 Å². The number of nitrogens with one attached hydrogen (secondary N) is 1.